The molecule has 0 bridgehead atoms. The first kappa shape index (κ1) is 67.1. The van der Waals surface area contributed by atoms with Gasteiger partial charge in [-0.1, -0.05) is 0 Å². The van der Waals surface area contributed by atoms with E-state index in [9.17, 15) is 86.0 Å². The van der Waals surface area contributed by atoms with Crippen LogP contribution in [0.3, 0.4) is 0 Å². The first-order chi connectivity index (χ1) is 28.7. The number of amides is 2. The molecule has 66 heavy (non-hydrogen) atoms. The first-order valence-electron chi connectivity index (χ1n) is 18.0. The smallest absolute Gasteiger partial charge is 0.726 e. The zero-order valence-electron chi connectivity index (χ0n) is 36.4. The molecule has 4 rings (SSSR count). The van der Waals surface area contributed by atoms with Crippen LogP contribution in [0.2, 0.25) is 0 Å². The average Bonchev–Trinajstić information content (AvgIpc) is 3.15. The molecule has 4 fully saturated rings. The Hall–Kier alpha value is 1.06. The van der Waals surface area contributed by atoms with E-state index in [1.165, 1.54) is 6.92 Å². The summed E-state index contributed by atoms with van der Waals surface area (Å²) < 4.78 is 123. The van der Waals surface area contributed by atoms with Gasteiger partial charge in [-0.25, -0.2) is 16.8 Å². The molecule has 0 aromatic rings. The summed E-state index contributed by atoms with van der Waals surface area (Å²) in [5, 5.41) is 92.9. The summed E-state index contributed by atoms with van der Waals surface area (Å²) in [6.45, 7) is 0.505. The molecule has 20 atom stereocenters. The van der Waals surface area contributed by atoms with Gasteiger partial charge in [0.1, 0.15) is 97.5 Å². The van der Waals surface area contributed by atoms with E-state index in [0.717, 1.165) is 21.0 Å². The van der Waals surface area contributed by atoms with Gasteiger partial charge in [-0.05, 0) is 6.92 Å². The summed E-state index contributed by atoms with van der Waals surface area (Å²) in [6.07, 6.45) is -39.0. The van der Waals surface area contributed by atoms with Crippen molar-refractivity contribution in [2.75, 3.05) is 20.3 Å². The van der Waals surface area contributed by atoms with Gasteiger partial charge < -0.3 is 108 Å². The molecule has 358 valence electrons. The number of ether oxygens (including phenoxy) is 8. The van der Waals surface area contributed by atoms with Crippen LogP contribution in [0.1, 0.15) is 20.8 Å². The summed E-state index contributed by atoms with van der Waals surface area (Å²) >= 11 is 0. The Morgan fingerprint density at radius 3 is 1.29 bits per heavy atom. The van der Waals surface area contributed by atoms with Gasteiger partial charge in [0, 0.05) is 21.0 Å². The molecule has 20 unspecified atom stereocenters. The molecule has 8 N–H and O–H groups in total. The van der Waals surface area contributed by atoms with Crippen molar-refractivity contribution >= 4 is 44.6 Å². The number of methoxy groups -OCH3 is 1. The molecule has 4 heterocycles. The van der Waals surface area contributed by atoms with E-state index in [-0.39, 0.29) is 118 Å². The number of carbonyl (C=O) groups is 4. The topological polar surface area (TPSA) is 467 Å². The number of carboxylic acid groups (broad SMARTS) is 2. The number of rotatable bonds is 17. The SMILES string of the molecule is COC1C(NC(C)=O)C(OC2C(C(=O)[O-])OC(OC3C(NC(C)=O)C(OC4C(C(=O)[O-])OC(C)C(O)C4O)OC(CO)C3OS(=O)(=O)[O-])C(O)C2O)OC(CO)C1OS(=O)(=O)[O-].[Na+].[Na+].[Na+].[Na+]. The van der Waals surface area contributed by atoms with Crippen molar-refractivity contribution in [2.24, 2.45) is 0 Å². The molecule has 0 spiro atoms. The van der Waals surface area contributed by atoms with Gasteiger partial charge in [-0.3, -0.25) is 18.0 Å². The molecule has 0 saturated carbocycles. The number of aliphatic hydroxyl groups is 6. The fourth-order valence-electron chi connectivity index (χ4n) is 7.19. The summed E-state index contributed by atoms with van der Waals surface area (Å²) in [4.78, 5) is 49.3. The molecule has 0 aromatic carbocycles. The van der Waals surface area contributed by atoms with E-state index in [2.05, 4.69) is 19.0 Å². The Morgan fingerprint density at radius 1 is 0.561 bits per heavy atom. The Labute approximate surface area is 464 Å². The Balaban J connectivity index is 0.0000106. The zero-order valence-corrected chi connectivity index (χ0v) is 46.1. The monoisotopic (exact) mass is 1040 g/mol. The van der Waals surface area contributed by atoms with Gasteiger partial charge in [0.25, 0.3) is 0 Å². The quantitative estimate of drug-likeness (QED) is 0.0381. The Bertz CT molecular complexity index is 1830. The minimum atomic E-state index is -5.86. The fraction of sp³-hybridized carbons (Fsp3) is 0.867. The van der Waals surface area contributed by atoms with Crippen LogP contribution < -0.4 is 139 Å². The van der Waals surface area contributed by atoms with Crippen molar-refractivity contribution in [3.63, 3.8) is 0 Å². The third-order valence-electron chi connectivity index (χ3n) is 9.83. The second-order valence-corrected chi connectivity index (χ2v) is 16.1. The summed E-state index contributed by atoms with van der Waals surface area (Å²) in [6, 6.07) is -3.87. The van der Waals surface area contributed by atoms with E-state index < -0.39 is 180 Å². The number of carboxylic acids is 2. The molecule has 0 radical (unpaired) electrons. The van der Waals surface area contributed by atoms with E-state index in [4.69, 9.17) is 37.9 Å². The van der Waals surface area contributed by atoms with Crippen molar-refractivity contribution < 1.29 is 250 Å². The third kappa shape index (κ3) is 17.1. The molecule has 0 aromatic heterocycles. The molecule has 0 aliphatic carbocycles. The number of hydrogen-bond acceptors (Lipinski definition) is 28. The van der Waals surface area contributed by atoms with Crippen LogP contribution >= 0.6 is 0 Å². The van der Waals surface area contributed by atoms with E-state index in [0.29, 0.717) is 0 Å². The van der Waals surface area contributed by atoms with Crippen LogP contribution in [0.4, 0.5) is 0 Å². The van der Waals surface area contributed by atoms with Crippen LogP contribution in [0.15, 0.2) is 0 Å². The second-order valence-electron chi connectivity index (χ2n) is 14.1. The standard InChI is InChI=1S/C30H48N2O28S2.4Na/c1-7-14(37)15(38)22(24(52-7)26(41)42)56-29-13(32-9(3)36)21(19(11(6-34)54-29)60-62(48,49)50)55-30-17(40)16(39)23(25(58-30)27(43)44)57-28-12(31-8(2)35)20(51-4)18(10(5-33)53-28)59-61(45,46)47;;;;/h7,10-25,28-30,33-34,37-40H,5-6H2,1-4H3,(H,31,35)(H,32,36)(H,41,42)(H,43,44)(H,45,46,47)(H,48,49,50);;;;/q;4*+1/p-4. The third-order valence-corrected chi connectivity index (χ3v) is 10.7. The predicted molar refractivity (Wildman–Crippen MR) is 178 cm³/mol. The van der Waals surface area contributed by atoms with Crippen molar-refractivity contribution in [1.82, 2.24) is 10.6 Å². The van der Waals surface area contributed by atoms with E-state index in [1.807, 2.05) is 0 Å². The van der Waals surface area contributed by atoms with Gasteiger partial charge in [-0.15, -0.1) is 0 Å². The van der Waals surface area contributed by atoms with Crippen molar-refractivity contribution in [3.8, 4) is 0 Å². The van der Waals surface area contributed by atoms with Gasteiger partial charge in [0.2, 0.25) is 32.6 Å². The molecular formula is C30H44N2Na4O28S2. The predicted octanol–water partition coefficient (Wildman–Crippen LogP) is -23.2. The fourth-order valence-corrected chi connectivity index (χ4v) is 8.20. The van der Waals surface area contributed by atoms with Crippen LogP contribution in [-0.4, -0.2) is 223 Å². The Morgan fingerprint density at radius 2 is 0.924 bits per heavy atom. The minimum absolute atomic E-state index is 0. The summed E-state index contributed by atoms with van der Waals surface area (Å²) in [5.41, 5.74) is 0. The second kappa shape index (κ2) is 28.5. The number of aliphatic hydroxyl groups excluding tert-OH is 6. The van der Waals surface area contributed by atoms with Gasteiger partial charge >= 0.3 is 118 Å². The maximum Gasteiger partial charge on any atom is 1.00 e. The first-order valence-corrected chi connectivity index (χ1v) is 20.7. The zero-order chi connectivity index (χ0) is 46.8. The number of aliphatic carboxylic acids is 2. The van der Waals surface area contributed by atoms with Crippen molar-refractivity contribution in [2.45, 2.75) is 143 Å². The number of hydrogen-bond donors (Lipinski definition) is 8. The number of nitrogens with one attached hydrogen (secondary N) is 2. The molecular weight excluding hydrogens is 992 g/mol. The van der Waals surface area contributed by atoms with Gasteiger partial charge in [-0.2, -0.15) is 0 Å². The van der Waals surface area contributed by atoms with Crippen LogP contribution in [0, 0.1) is 0 Å². The minimum Gasteiger partial charge on any atom is -0.726 e. The van der Waals surface area contributed by atoms with E-state index in [1.54, 1.807) is 0 Å². The summed E-state index contributed by atoms with van der Waals surface area (Å²) in [7, 11) is -10.5. The maximum atomic E-state index is 12.6. The molecule has 4 saturated heterocycles. The molecule has 36 heteroatoms. The van der Waals surface area contributed by atoms with Gasteiger partial charge in [0.15, 0.2) is 18.9 Å². The van der Waals surface area contributed by atoms with E-state index >= 15 is 0 Å². The summed E-state index contributed by atoms with van der Waals surface area (Å²) in [5.74, 6) is -6.22. The average molecular weight is 1040 g/mol. The largest absolute Gasteiger partial charge is 1.00 e. The van der Waals surface area contributed by atoms with Crippen molar-refractivity contribution in [1.29, 1.82) is 0 Å². The molecule has 4 aliphatic heterocycles. The Kier molecular flexibility index (Phi) is 29.0. The normalized spacial score (nSPS) is 39.3. The molecule has 30 nitrogen and oxygen atoms in total. The molecule has 2 amide bonds. The molecule has 4 aliphatic rings. The van der Waals surface area contributed by atoms with Crippen LogP contribution in [-0.2, 0) is 86.2 Å². The van der Waals surface area contributed by atoms with Crippen LogP contribution in [0.5, 0.6) is 0 Å². The van der Waals surface area contributed by atoms with Crippen LogP contribution in [0.25, 0.3) is 0 Å². The van der Waals surface area contributed by atoms with Crippen molar-refractivity contribution in [3.05, 3.63) is 0 Å². The van der Waals surface area contributed by atoms with Gasteiger partial charge in [0.05, 0.1) is 31.3 Å². The maximum absolute atomic E-state index is 12.6. The number of carbonyl (C=O) groups excluding carboxylic acids is 4.